The lowest BCUT2D eigenvalue weighted by Crippen LogP contribution is -2.53. The number of nitrogens with one attached hydrogen (secondary N) is 2. The molecule has 6 nitrogen and oxygen atoms in total. The van der Waals surface area contributed by atoms with Gasteiger partial charge in [-0.3, -0.25) is 4.79 Å². The molecule has 2 aliphatic heterocycles. The van der Waals surface area contributed by atoms with E-state index < -0.39 is 16.1 Å². The van der Waals surface area contributed by atoms with Crippen LogP contribution in [0.3, 0.4) is 0 Å². The minimum Gasteiger partial charge on any atom is -0.352 e. The van der Waals surface area contributed by atoms with E-state index in [9.17, 15) is 13.2 Å². The van der Waals surface area contributed by atoms with Gasteiger partial charge >= 0.3 is 0 Å². The Morgan fingerprint density at radius 3 is 2.88 bits per heavy atom. The van der Waals surface area contributed by atoms with Crippen LogP contribution < -0.4 is 10.6 Å². The maximum atomic E-state index is 12.7. The van der Waals surface area contributed by atoms with E-state index in [1.165, 1.54) is 15.6 Å². The highest BCUT2D eigenvalue weighted by atomic mass is 35.5. The first-order valence-electron chi connectivity index (χ1n) is 8.06. The van der Waals surface area contributed by atoms with E-state index in [0.717, 1.165) is 25.9 Å². The molecule has 0 radical (unpaired) electrons. The van der Waals surface area contributed by atoms with Crippen LogP contribution in [0.5, 0.6) is 0 Å². The smallest absolute Gasteiger partial charge is 0.253 e. The summed E-state index contributed by atoms with van der Waals surface area (Å²) in [5, 5.41) is 8.12. The zero-order valence-electron chi connectivity index (χ0n) is 13.6. The van der Waals surface area contributed by atoms with E-state index in [2.05, 4.69) is 17.6 Å². The number of amides is 1. The van der Waals surface area contributed by atoms with E-state index in [-0.39, 0.29) is 24.4 Å². The predicted octanol–water partition coefficient (Wildman–Crippen LogP) is 1.44. The summed E-state index contributed by atoms with van der Waals surface area (Å²) >= 11 is 1.20. The van der Waals surface area contributed by atoms with Crippen molar-refractivity contribution in [1.29, 1.82) is 0 Å². The Kier molecular flexibility index (Phi) is 6.66. The molecule has 3 atom stereocenters. The highest BCUT2D eigenvalue weighted by Crippen LogP contribution is 2.28. The van der Waals surface area contributed by atoms with Crippen molar-refractivity contribution < 1.29 is 13.2 Å². The van der Waals surface area contributed by atoms with Crippen molar-refractivity contribution in [2.24, 2.45) is 5.92 Å². The molecule has 0 saturated carbocycles. The number of carbonyl (C=O) groups excluding carboxylic acids is 1. The van der Waals surface area contributed by atoms with Gasteiger partial charge in [0.1, 0.15) is 10.3 Å². The molecule has 9 heteroatoms. The number of carbonyl (C=O) groups is 1. The van der Waals surface area contributed by atoms with Crippen molar-refractivity contribution in [3.63, 3.8) is 0 Å². The topological polar surface area (TPSA) is 78.5 Å². The van der Waals surface area contributed by atoms with Gasteiger partial charge in [0.25, 0.3) is 10.0 Å². The summed E-state index contributed by atoms with van der Waals surface area (Å²) < 4.78 is 27.1. The molecule has 0 aliphatic carbocycles. The van der Waals surface area contributed by atoms with Crippen molar-refractivity contribution in [3.05, 3.63) is 17.5 Å². The first-order chi connectivity index (χ1) is 11.0. The number of hydrogen-bond acceptors (Lipinski definition) is 5. The molecule has 2 N–H and O–H groups in total. The average Bonchev–Trinajstić information content (AvgIpc) is 3.21. The number of rotatable bonds is 4. The molecular weight excluding hydrogens is 370 g/mol. The SMILES string of the molecule is CC1CNCCC1NC(=O)C1CCCN1S(=O)(=O)c1cccs1.Cl. The second kappa shape index (κ2) is 8.14. The monoisotopic (exact) mass is 393 g/mol. The van der Waals surface area contributed by atoms with Gasteiger partial charge in [0.05, 0.1) is 0 Å². The second-order valence-corrected chi connectivity index (χ2v) is 9.36. The normalized spacial score (nSPS) is 28.3. The zero-order chi connectivity index (χ0) is 16.4. The van der Waals surface area contributed by atoms with Crippen molar-refractivity contribution in [2.75, 3.05) is 19.6 Å². The number of sulfonamides is 1. The van der Waals surface area contributed by atoms with Crippen LogP contribution >= 0.6 is 23.7 Å². The third kappa shape index (κ3) is 3.94. The van der Waals surface area contributed by atoms with Gasteiger partial charge in [-0.15, -0.1) is 23.7 Å². The molecule has 1 aromatic heterocycles. The van der Waals surface area contributed by atoms with Crippen LogP contribution in [0.25, 0.3) is 0 Å². The molecule has 3 rings (SSSR count). The molecule has 0 bridgehead atoms. The Morgan fingerprint density at radius 2 is 2.21 bits per heavy atom. The second-order valence-electron chi connectivity index (χ2n) is 6.29. The summed E-state index contributed by atoms with van der Waals surface area (Å²) in [5.74, 6) is 0.206. The van der Waals surface area contributed by atoms with Gasteiger partial charge in [0, 0.05) is 12.6 Å². The first-order valence-corrected chi connectivity index (χ1v) is 10.4. The summed E-state index contributed by atoms with van der Waals surface area (Å²) in [5.41, 5.74) is 0. The van der Waals surface area contributed by atoms with Gasteiger partial charge in [-0.2, -0.15) is 4.31 Å². The minimum absolute atomic E-state index is 0. The fourth-order valence-corrected chi connectivity index (χ4v) is 6.10. The summed E-state index contributed by atoms with van der Waals surface area (Å²) in [6.45, 7) is 4.29. The van der Waals surface area contributed by atoms with Crippen LogP contribution in [-0.2, 0) is 14.8 Å². The number of thiophene rings is 1. The fraction of sp³-hybridized carbons (Fsp3) is 0.667. The van der Waals surface area contributed by atoms with Gasteiger partial charge in [0.2, 0.25) is 5.91 Å². The van der Waals surface area contributed by atoms with Crippen molar-refractivity contribution >= 4 is 39.7 Å². The maximum Gasteiger partial charge on any atom is 0.253 e. The molecule has 24 heavy (non-hydrogen) atoms. The van der Waals surface area contributed by atoms with Gasteiger partial charge in [0.15, 0.2) is 0 Å². The summed E-state index contributed by atoms with van der Waals surface area (Å²) in [6.07, 6.45) is 2.21. The molecule has 2 fully saturated rings. The Bertz CT molecular complexity index is 651. The molecule has 2 saturated heterocycles. The molecule has 1 aromatic rings. The van der Waals surface area contributed by atoms with E-state index >= 15 is 0 Å². The standard InChI is InChI=1S/C15H23N3O3S2.ClH/c1-11-10-16-7-6-12(11)17-15(19)13-4-2-8-18(13)23(20,21)14-5-3-9-22-14;/h3,5,9,11-13,16H,2,4,6-8,10H2,1H3,(H,17,19);1H. The lowest BCUT2D eigenvalue weighted by Gasteiger charge is -2.32. The Labute approximate surface area is 153 Å². The largest absolute Gasteiger partial charge is 0.352 e. The van der Waals surface area contributed by atoms with Crippen molar-refractivity contribution in [3.8, 4) is 0 Å². The Hall–Kier alpha value is -0.670. The van der Waals surface area contributed by atoms with Crippen LogP contribution in [0.15, 0.2) is 21.7 Å². The van der Waals surface area contributed by atoms with Crippen LogP contribution in [-0.4, -0.2) is 50.3 Å². The van der Waals surface area contributed by atoms with E-state index in [1.54, 1.807) is 17.5 Å². The maximum absolute atomic E-state index is 12.7. The third-order valence-corrected chi connectivity index (χ3v) is 7.96. The quantitative estimate of drug-likeness (QED) is 0.811. The van der Waals surface area contributed by atoms with Crippen molar-refractivity contribution in [1.82, 2.24) is 14.9 Å². The highest BCUT2D eigenvalue weighted by molar-refractivity contribution is 7.91. The van der Waals surface area contributed by atoms with Gasteiger partial charge in [-0.1, -0.05) is 13.0 Å². The molecule has 1 amide bonds. The fourth-order valence-electron chi connectivity index (χ4n) is 3.32. The molecule has 0 aromatic carbocycles. The first kappa shape index (κ1) is 19.7. The van der Waals surface area contributed by atoms with Crippen LogP contribution in [0.2, 0.25) is 0 Å². The summed E-state index contributed by atoms with van der Waals surface area (Å²) in [6, 6.07) is 2.86. The number of nitrogens with zero attached hydrogens (tertiary/aromatic N) is 1. The molecule has 3 heterocycles. The lowest BCUT2D eigenvalue weighted by atomic mass is 9.95. The van der Waals surface area contributed by atoms with E-state index in [4.69, 9.17) is 0 Å². The van der Waals surface area contributed by atoms with Gasteiger partial charge in [-0.25, -0.2) is 8.42 Å². The number of halogens is 1. The molecule has 2 aliphatic rings. The Balaban J connectivity index is 0.00000208. The minimum atomic E-state index is -3.57. The van der Waals surface area contributed by atoms with Crippen LogP contribution in [0.4, 0.5) is 0 Å². The summed E-state index contributed by atoms with van der Waals surface area (Å²) in [7, 11) is -3.57. The predicted molar refractivity (Wildman–Crippen MR) is 97.1 cm³/mol. The molecule has 0 spiro atoms. The number of piperidine rings is 1. The third-order valence-electron chi connectivity index (χ3n) is 4.68. The zero-order valence-corrected chi connectivity index (χ0v) is 16.1. The number of hydrogen-bond donors (Lipinski definition) is 2. The Morgan fingerprint density at radius 1 is 1.42 bits per heavy atom. The van der Waals surface area contributed by atoms with Crippen LogP contribution in [0.1, 0.15) is 26.2 Å². The molecular formula is C15H24ClN3O3S2. The van der Waals surface area contributed by atoms with Gasteiger partial charge in [-0.05, 0) is 49.7 Å². The summed E-state index contributed by atoms with van der Waals surface area (Å²) in [4.78, 5) is 12.7. The molecule has 3 unspecified atom stereocenters. The van der Waals surface area contributed by atoms with Gasteiger partial charge < -0.3 is 10.6 Å². The van der Waals surface area contributed by atoms with Crippen molar-refractivity contribution in [2.45, 2.75) is 42.5 Å². The average molecular weight is 394 g/mol. The van der Waals surface area contributed by atoms with E-state index in [0.29, 0.717) is 23.1 Å². The molecule has 136 valence electrons. The lowest BCUT2D eigenvalue weighted by molar-refractivity contribution is -0.125. The van der Waals surface area contributed by atoms with E-state index in [1.807, 2.05) is 0 Å². The highest BCUT2D eigenvalue weighted by Gasteiger charge is 2.40. The van der Waals surface area contributed by atoms with Crippen LogP contribution in [0, 0.1) is 5.92 Å².